The van der Waals surface area contributed by atoms with Gasteiger partial charge in [-0.1, -0.05) is 0 Å². The zero-order valence-corrected chi connectivity index (χ0v) is 8.83. The number of aliphatic hydroxyl groups is 1. The molecule has 0 aliphatic carbocycles. The van der Waals surface area contributed by atoms with Gasteiger partial charge < -0.3 is 15.3 Å². The lowest BCUT2D eigenvalue weighted by atomic mass is 10.1. The highest BCUT2D eigenvalue weighted by atomic mass is 16.3. The number of carbonyl (C=O) groups excluding carboxylic acids is 1. The first-order valence-corrected chi connectivity index (χ1v) is 5.41. The molecule has 82 valence electrons. The molecule has 4 nitrogen and oxygen atoms in total. The van der Waals surface area contributed by atoms with E-state index >= 15 is 0 Å². The Kier molecular flexibility index (Phi) is 4.73. The number of urea groups is 1. The van der Waals surface area contributed by atoms with Crippen molar-refractivity contribution in [3.05, 3.63) is 0 Å². The van der Waals surface area contributed by atoms with E-state index in [1.165, 1.54) is 6.42 Å². The van der Waals surface area contributed by atoms with E-state index in [2.05, 4.69) is 5.32 Å². The topological polar surface area (TPSA) is 52.6 Å². The number of rotatable bonds is 3. The van der Waals surface area contributed by atoms with E-state index in [0.717, 1.165) is 25.9 Å². The van der Waals surface area contributed by atoms with E-state index in [9.17, 15) is 4.79 Å². The standard InChI is InChI=1S/C10H20N2O2/c1-9(13)5-6-11-10(14)12-7-3-2-4-8-12/h9,13H,2-8H2,1H3,(H,11,14). The van der Waals surface area contributed by atoms with Gasteiger partial charge >= 0.3 is 6.03 Å². The van der Waals surface area contributed by atoms with Crippen LogP contribution in [0.4, 0.5) is 4.79 Å². The number of aliphatic hydroxyl groups excluding tert-OH is 1. The minimum absolute atomic E-state index is 0.0188. The third-order valence-corrected chi connectivity index (χ3v) is 2.48. The van der Waals surface area contributed by atoms with Crippen LogP contribution in [0.2, 0.25) is 0 Å². The van der Waals surface area contributed by atoms with Gasteiger partial charge in [-0.3, -0.25) is 0 Å². The molecular formula is C10H20N2O2. The van der Waals surface area contributed by atoms with Crippen LogP contribution in [0.5, 0.6) is 0 Å². The van der Waals surface area contributed by atoms with Crippen molar-refractivity contribution in [2.75, 3.05) is 19.6 Å². The number of amides is 2. The molecule has 0 bridgehead atoms. The molecular weight excluding hydrogens is 180 g/mol. The number of carbonyl (C=O) groups is 1. The average molecular weight is 200 g/mol. The van der Waals surface area contributed by atoms with Crippen LogP contribution in [0.3, 0.4) is 0 Å². The number of nitrogens with one attached hydrogen (secondary N) is 1. The maximum Gasteiger partial charge on any atom is 0.317 e. The highest BCUT2D eigenvalue weighted by Crippen LogP contribution is 2.08. The SMILES string of the molecule is CC(O)CCNC(=O)N1CCCCC1. The minimum atomic E-state index is -0.336. The first kappa shape index (κ1) is 11.3. The molecule has 0 aromatic carbocycles. The van der Waals surface area contributed by atoms with Crippen LogP contribution in [-0.2, 0) is 0 Å². The number of hydrogen-bond acceptors (Lipinski definition) is 2. The summed E-state index contributed by atoms with van der Waals surface area (Å²) >= 11 is 0. The summed E-state index contributed by atoms with van der Waals surface area (Å²) < 4.78 is 0. The van der Waals surface area contributed by atoms with Crippen LogP contribution in [0.15, 0.2) is 0 Å². The summed E-state index contributed by atoms with van der Waals surface area (Å²) in [6.45, 7) is 4.04. The molecule has 1 rings (SSSR count). The highest BCUT2D eigenvalue weighted by Gasteiger charge is 2.15. The molecule has 0 radical (unpaired) electrons. The molecule has 2 N–H and O–H groups in total. The van der Waals surface area contributed by atoms with Gasteiger partial charge in [0.15, 0.2) is 0 Å². The molecule has 1 atom stereocenters. The van der Waals surface area contributed by atoms with E-state index in [1.807, 2.05) is 4.90 Å². The first-order valence-electron chi connectivity index (χ1n) is 5.41. The van der Waals surface area contributed by atoms with Crippen molar-refractivity contribution in [3.63, 3.8) is 0 Å². The summed E-state index contributed by atoms with van der Waals surface area (Å²) in [6.07, 6.45) is 3.75. The summed E-state index contributed by atoms with van der Waals surface area (Å²) in [4.78, 5) is 13.4. The van der Waals surface area contributed by atoms with Gasteiger partial charge in [-0.15, -0.1) is 0 Å². The Bertz CT molecular complexity index is 177. The van der Waals surface area contributed by atoms with Gasteiger partial charge in [-0.05, 0) is 32.6 Å². The first-order chi connectivity index (χ1) is 6.70. The normalized spacial score (nSPS) is 19.1. The lowest BCUT2D eigenvalue weighted by Crippen LogP contribution is -2.43. The second-order valence-corrected chi connectivity index (χ2v) is 3.92. The molecule has 2 amide bonds. The smallest absolute Gasteiger partial charge is 0.317 e. The van der Waals surface area contributed by atoms with Crippen molar-refractivity contribution in [2.45, 2.75) is 38.7 Å². The fourth-order valence-corrected chi connectivity index (χ4v) is 1.60. The van der Waals surface area contributed by atoms with E-state index in [1.54, 1.807) is 6.92 Å². The van der Waals surface area contributed by atoms with Crippen molar-refractivity contribution in [3.8, 4) is 0 Å². The third kappa shape index (κ3) is 3.96. The van der Waals surface area contributed by atoms with Crippen molar-refractivity contribution in [1.82, 2.24) is 10.2 Å². The fraction of sp³-hybridized carbons (Fsp3) is 0.900. The average Bonchev–Trinajstić information content (AvgIpc) is 2.18. The van der Waals surface area contributed by atoms with Crippen LogP contribution in [0, 0.1) is 0 Å². The second kappa shape index (κ2) is 5.86. The van der Waals surface area contributed by atoms with Crippen molar-refractivity contribution < 1.29 is 9.90 Å². The summed E-state index contributed by atoms with van der Waals surface area (Å²) in [5, 5.41) is 11.8. The molecule has 1 aliphatic heterocycles. The molecule has 1 heterocycles. The van der Waals surface area contributed by atoms with Gasteiger partial charge in [0.05, 0.1) is 6.10 Å². The second-order valence-electron chi connectivity index (χ2n) is 3.92. The summed E-state index contributed by atoms with van der Waals surface area (Å²) in [5.41, 5.74) is 0. The van der Waals surface area contributed by atoms with Gasteiger partial charge in [0, 0.05) is 19.6 Å². The Labute approximate surface area is 85.3 Å². The molecule has 0 saturated carbocycles. The van der Waals surface area contributed by atoms with Gasteiger partial charge in [0.25, 0.3) is 0 Å². The highest BCUT2D eigenvalue weighted by molar-refractivity contribution is 5.74. The molecule has 1 unspecified atom stereocenters. The summed E-state index contributed by atoms with van der Waals surface area (Å²) in [6, 6.07) is 0.0188. The van der Waals surface area contributed by atoms with Crippen LogP contribution in [0.1, 0.15) is 32.6 Å². The molecule has 0 spiro atoms. The molecule has 4 heteroatoms. The van der Waals surface area contributed by atoms with Gasteiger partial charge in [0.2, 0.25) is 0 Å². The number of hydrogen-bond donors (Lipinski definition) is 2. The van der Waals surface area contributed by atoms with Crippen LogP contribution in [0.25, 0.3) is 0 Å². The Morgan fingerprint density at radius 3 is 2.64 bits per heavy atom. The lowest BCUT2D eigenvalue weighted by molar-refractivity contribution is 0.172. The lowest BCUT2D eigenvalue weighted by Gasteiger charge is -2.26. The molecule has 1 saturated heterocycles. The third-order valence-electron chi connectivity index (χ3n) is 2.48. The summed E-state index contributed by atoms with van der Waals surface area (Å²) in [7, 11) is 0. The van der Waals surface area contributed by atoms with Crippen LogP contribution in [-0.4, -0.2) is 41.8 Å². The zero-order chi connectivity index (χ0) is 10.4. The van der Waals surface area contributed by atoms with Crippen LogP contribution >= 0.6 is 0 Å². The van der Waals surface area contributed by atoms with Crippen molar-refractivity contribution >= 4 is 6.03 Å². The summed E-state index contributed by atoms with van der Waals surface area (Å²) in [5.74, 6) is 0. The quantitative estimate of drug-likeness (QED) is 0.712. The van der Waals surface area contributed by atoms with Gasteiger partial charge in [-0.2, -0.15) is 0 Å². The maximum atomic E-state index is 11.5. The predicted molar refractivity (Wildman–Crippen MR) is 55.1 cm³/mol. The van der Waals surface area contributed by atoms with Crippen LogP contribution < -0.4 is 5.32 Å². The van der Waals surface area contributed by atoms with E-state index in [0.29, 0.717) is 13.0 Å². The Morgan fingerprint density at radius 1 is 1.43 bits per heavy atom. The maximum absolute atomic E-state index is 11.5. The Hall–Kier alpha value is -0.770. The minimum Gasteiger partial charge on any atom is -0.393 e. The Balaban J connectivity index is 2.13. The molecule has 1 aliphatic rings. The monoisotopic (exact) mass is 200 g/mol. The molecule has 0 aromatic rings. The Morgan fingerprint density at radius 2 is 2.07 bits per heavy atom. The van der Waals surface area contributed by atoms with Gasteiger partial charge in [0.1, 0.15) is 0 Å². The molecule has 14 heavy (non-hydrogen) atoms. The van der Waals surface area contributed by atoms with E-state index < -0.39 is 0 Å². The number of piperidine rings is 1. The fourth-order valence-electron chi connectivity index (χ4n) is 1.60. The van der Waals surface area contributed by atoms with Crippen molar-refractivity contribution in [1.29, 1.82) is 0 Å². The predicted octanol–water partition coefficient (Wildman–Crippen LogP) is 0.953. The number of nitrogens with zero attached hydrogens (tertiary/aromatic N) is 1. The molecule has 0 aromatic heterocycles. The largest absolute Gasteiger partial charge is 0.393 e. The number of likely N-dealkylation sites (tertiary alicyclic amines) is 1. The molecule has 1 fully saturated rings. The van der Waals surface area contributed by atoms with E-state index in [-0.39, 0.29) is 12.1 Å². The zero-order valence-electron chi connectivity index (χ0n) is 8.83. The van der Waals surface area contributed by atoms with E-state index in [4.69, 9.17) is 5.11 Å². The van der Waals surface area contributed by atoms with Crippen molar-refractivity contribution in [2.24, 2.45) is 0 Å². The van der Waals surface area contributed by atoms with Gasteiger partial charge in [-0.25, -0.2) is 4.79 Å².